The molecule has 4 N–H and O–H groups in total. The summed E-state index contributed by atoms with van der Waals surface area (Å²) in [7, 11) is 1.35. The summed E-state index contributed by atoms with van der Waals surface area (Å²) >= 11 is 0. The zero-order valence-corrected chi connectivity index (χ0v) is 8.35. The van der Waals surface area contributed by atoms with Gasteiger partial charge in [0, 0.05) is 6.54 Å². The predicted octanol–water partition coefficient (Wildman–Crippen LogP) is 0.187. The number of halogens is 1. The second-order valence-corrected chi connectivity index (χ2v) is 3.14. The Kier molecular flexibility index (Phi) is 4.02. The molecule has 0 aromatic heterocycles. The average molecular weight is 215 g/mol. The van der Waals surface area contributed by atoms with E-state index in [9.17, 15) is 14.6 Å². The lowest BCUT2D eigenvalue weighted by atomic mass is 10.0. The van der Waals surface area contributed by atoms with Crippen molar-refractivity contribution in [1.82, 2.24) is 0 Å². The van der Waals surface area contributed by atoms with E-state index >= 15 is 0 Å². The molecule has 0 radical (unpaired) electrons. The van der Waals surface area contributed by atoms with E-state index in [2.05, 4.69) is 0 Å². The van der Waals surface area contributed by atoms with Crippen LogP contribution in [0.3, 0.4) is 0 Å². The smallest absolute Gasteiger partial charge is 0.165 e. The fourth-order valence-corrected chi connectivity index (χ4v) is 1.22. The summed E-state index contributed by atoms with van der Waals surface area (Å²) in [5, 5.41) is 18.8. The van der Waals surface area contributed by atoms with Gasteiger partial charge >= 0.3 is 0 Å². The van der Waals surface area contributed by atoms with Crippen LogP contribution in [0.5, 0.6) is 5.75 Å². The third-order valence-electron chi connectivity index (χ3n) is 2.12. The summed E-state index contributed by atoms with van der Waals surface area (Å²) in [6.45, 7) is -0.0885. The fraction of sp³-hybridized carbons (Fsp3) is 0.400. The van der Waals surface area contributed by atoms with E-state index in [1.54, 1.807) is 0 Å². The van der Waals surface area contributed by atoms with Crippen molar-refractivity contribution in [3.8, 4) is 5.75 Å². The lowest BCUT2D eigenvalue weighted by molar-refractivity contribution is 0.0241. The second-order valence-electron chi connectivity index (χ2n) is 3.14. The minimum Gasteiger partial charge on any atom is -0.494 e. The van der Waals surface area contributed by atoms with Gasteiger partial charge in [-0.25, -0.2) is 4.39 Å². The zero-order chi connectivity index (χ0) is 11.4. The van der Waals surface area contributed by atoms with Gasteiger partial charge in [-0.3, -0.25) is 0 Å². The van der Waals surface area contributed by atoms with Gasteiger partial charge < -0.3 is 20.7 Å². The molecule has 0 saturated carbocycles. The van der Waals surface area contributed by atoms with Crippen LogP contribution < -0.4 is 10.5 Å². The first-order valence-corrected chi connectivity index (χ1v) is 4.49. The number of hydrogen-bond acceptors (Lipinski definition) is 4. The number of aliphatic hydroxyl groups excluding tert-OH is 2. The Bertz CT molecular complexity index is 332. The van der Waals surface area contributed by atoms with Crippen molar-refractivity contribution in [2.24, 2.45) is 5.73 Å². The number of methoxy groups -OCH3 is 1. The highest BCUT2D eigenvalue weighted by molar-refractivity contribution is 5.30. The van der Waals surface area contributed by atoms with E-state index in [1.165, 1.54) is 19.2 Å². The van der Waals surface area contributed by atoms with Crippen LogP contribution in [0.25, 0.3) is 0 Å². The first kappa shape index (κ1) is 11.9. The van der Waals surface area contributed by atoms with Crippen molar-refractivity contribution in [2.45, 2.75) is 12.2 Å². The van der Waals surface area contributed by atoms with Crippen molar-refractivity contribution >= 4 is 0 Å². The molecule has 4 nitrogen and oxygen atoms in total. The fourth-order valence-electron chi connectivity index (χ4n) is 1.22. The average Bonchev–Trinajstić information content (AvgIpc) is 2.26. The van der Waals surface area contributed by atoms with Crippen molar-refractivity contribution in [1.29, 1.82) is 0 Å². The van der Waals surface area contributed by atoms with Gasteiger partial charge in [-0.1, -0.05) is 6.07 Å². The quantitative estimate of drug-likeness (QED) is 0.670. The molecule has 0 amide bonds. The van der Waals surface area contributed by atoms with E-state index < -0.39 is 18.0 Å². The third-order valence-corrected chi connectivity index (χ3v) is 2.12. The Morgan fingerprint density at radius 2 is 2.13 bits per heavy atom. The van der Waals surface area contributed by atoms with Crippen LogP contribution >= 0.6 is 0 Å². The molecular weight excluding hydrogens is 201 g/mol. The van der Waals surface area contributed by atoms with Gasteiger partial charge in [0.2, 0.25) is 0 Å². The molecule has 0 bridgehead atoms. The number of rotatable bonds is 4. The van der Waals surface area contributed by atoms with Gasteiger partial charge in [0.15, 0.2) is 11.6 Å². The maximum atomic E-state index is 13.2. The van der Waals surface area contributed by atoms with E-state index in [1.807, 2.05) is 0 Å². The zero-order valence-electron chi connectivity index (χ0n) is 8.35. The van der Waals surface area contributed by atoms with Gasteiger partial charge in [0.25, 0.3) is 0 Å². The van der Waals surface area contributed by atoms with Crippen molar-refractivity contribution in [3.63, 3.8) is 0 Å². The highest BCUT2D eigenvalue weighted by Gasteiger charge is 2.18. The first-order valence-electron chi connectivity index (χ1n) is 4.49. The molecule has 5 heteroatoms. The number of ether oxygens (including phenoxy) is 1. The largest absolute Gasteiger partial charge is 0.494 e. The highest BCUT2D eigenvalue weighted by Crippen LogP contribution is 2.23. The summed E-state index contributed by atoms with van der Waals surface area (Å²) in [5.74, 6) is -0.494. The molecule has 1 aromatic rings. The van der Waals surface area contributed by atoms with Crippen molar-refractivity contribution in [3.05, 3.63) is 29.6 Å². The third kappa shape index (κ3) is 2.65. The highest BCUT2D eigenvalue weighted by atomic mass is 19.1. The normalized spacial score (nSPS) is 14.7. The van der Waals surface area contributed by atoms with E-state index in [0.29, 0.717) is 0 Å². The van der Waals surface area contributed by atoms with Crippen molar-refractivity contribution in [2.75, 3.05) is 13.7 Å². The summed E-state index contributed by atoms with van der Waals surface area (Å²) < 4.78 is 18.0. The predicted molar refractivity (Wildman–Crippen MR) is 53.0 cm³/mol. The van der Waals surface area contributed by atoms with Gasteiger partial charge in [0.05, 0.1) is 13.2 Å². The minimum atomic E-state index is -1.18. The van der Waals surface area contributed by atoms with E-state index in [0.717, 1.165) is 6.07 Å². The Balaban J connectivity index is 2.92. The second kappa shape index (κ2) is 5.06. The maximum absolute atomic E-state index is 13.2. The molecule has 1 rings (SSSR count). The van der Waals surface area contributed by atoms with Crippen LogP contribution in [-0.2, 0) is 0 Å². The monoisotopic (exact) mass is 215 g/mol. The van der Waals surface area contributed by atoms with E-state index in [-0.39, 0.29) is 17.9 Å². The molecule has 1 aromatic carbocycles. The molecule has 2 atom stereocenters. The molecule has 0 fully saturated rings. The standard InChI is InChI=1S/C10H14FNO3/c1-15-9-3-2-6(4-7(9)11)10(14)8(13)5-12/h2-4,8,10,13-14H,5,12H2,1H3. The molecule has 0 aliphatic heterocycles. The number of hydrogen-bond donors (Lipinski definition) is 3. The number of benzene rings is 1. The Hall–Kier alpha value is -1.17. The molecule has 0 aliphatic carbocycles. The van der Waals surface area contributed by atoms with Crippen LogP contribution in [0.2, 0.25) is 0 Å². The molecule has 84 valence electrons. The van der Waals surface area contributed by atoms with Gasteiger partial charge in [-0.05, 0) is 17.7 Å². The minimum absolute atomic E-state index is 0.0885. The van der Waals surface area contributed by atoms with Crippen LogP contribution in [0, 0.1) is 5.82 Å². The lowest BCUT2D eigenvalue weighted by Gasteiger charge is -2.16. The van der Waals surface area contributed by atoms with Crippen LogP contribution in [-0.4, -0.2) is 30.0 Å². The SMILES string of the molecule is COc1ccc(C(O)C(O)CN)cc1F. The molecule has 0 aliphatic rings. The van der Waals surface area contributed by atoms with Gasteiger partial charge in [-0.2, -0.15) is 0 Å². The number of nitrogens with two attached hydrogens (primary N) is 1. The summed E-state index contributed by atoms with van der Waals surface area (Å²) in [6.07, 6.45) is -2.28. The maximum Gasteiger partial charge on any atom is 0.165 e. The topological polar surface area (TPSA) is 75.7 Å². The first-order chi connectivity index (χ1) is 7.10. The summed E-state index contributed by atoms with van der Waals surface area (Å²) in [6, 6.07) is 3.98. The van der Waals surface area contributed by atoms with E-state index in [4.69, 9.17) is 10.5 Å². The van der Waals surface area contributed by atoms with Crippen molar-refractivity contribution < 1.29 is 19.3 Å². The van der Waals surface area contributed by atoms with Crippen LogP contribution in [0.1, 0.15) is 11.7 Å². The summed E-state index contributed by atoms with van der Waals surface area (Å²) in [4.78, 5) is 0. The molecule has 2 unspecified atom stereocenters. The Morgan fingerprint density at radius 3 is 2.60 bits per heavy atom. The Morgan fingerprint density at radius 1 is 1.47 bits per heavy atom. The summed E-state index contributed by atoms with van der Waals surface area (Å²) in [5.41, 5.74) is 5.45. The van der Waals surface area contributed by atoms with Gasteiger partial charge in [-0.15, -0.1) is 0 Å². The molecule has 15 heavy (non-hydrogen) atoms. The molecule has 0 heterocycles. The van der Waals surface area contributed by atoms with Gasteiger partial charge in [0.1, 0.15) is 6.10 Å². The molecule has 0 spiro atoms. The lowest BCUT2D eigenvalue weighted by Crippen LogP contribution is -2.27. The van der Waals surface area contributed by atoms with Crippen LogP contribution in [0.4, 0.5) is 4.39 Å². The molecular formula is C10H14FNO3. The Labute approximate surface area is 87.1 Å². The number of aliphatic hydroxyl groups is 2. The van der Waals surface area contributed by atoms with Crippen LogP contribution in [0.15, 0.2) is 18.2 Å². The molecule has 0 saturated heterocycles.